The smallest absolute Gasteiger partial charge is 0.118 e. The van der Waals surface area contributed by atoms with Gasteiger partial charge in [0.25, 0.3) is 0 Å². The molecule has 0 saturated carbocycles. The van der Waals surface area contributed by atoms with Crippen molar-refractivity contribution < 1.29 is 0 Å². The first-order chi connectivity index (χ1) is 11.4. The third kappa shape index (κ3) is 2.66. The normalized spacial score (nSPS) is 12.2. The Kier molecular flexibility index (Phi) is 3.48. The highest BCUT2D eigenvalue weighted by atomic mass is 15.3. The number of aromatic amines is 1. The van der Waals surface area contributed by atoms with Gasteiger partial charge in [0.1, 0.15) is 5.52 Å². The fraction of sp³-hybridized carbons (Fsp3) is 0.0526. The standard InChI is InChI=1S/C19H16N4/c1-3-8-14(9-4-1)18(20-15-10-5-2-6-11-15)16-12-7-13-17-19(16)22-23-21-17/h1-13,18,20H,(H,21,22,23). The fourth-order valence-electron chi connectivity index (χ4n) is 2.81. The minimum absolute atomic E-state index is 0.00685. The summed E-state index contributed by atoms with van der Waals surface area (Å²) in [7, 11) is 0. The number of nitrogens with zero attached hydrogens (tertiary/aromatic N) is 2. The summed E-state index contributed by atoms with van der Waals surface area (Å²) in [4.78, 5) is 0. The van der Waals surface area contributed by atoms with Crippen LogP contribution in [0, 0.1) is 0 Å². The molecule has 0 aliphatic heterocycles. The maximum Gasteiger partial charge on any atom is 0.118 e. The first-order valence-electron chi connectivity index (χ1n) is 7.58. The van der Waals surface area contributed by atoms with Crippen molar-refractivity contribution in [1.29, 1.82) is 0 Å². The third-order valence-electron chi connectivity index (χ3n) is 3.92. The highest BCUT2D eigenvalue weighted by Gasteiger charge is 2.18. The second-order valence-corrected chi connectivity index (χ2v) is 5.41. The van der Waals surface area contributed by atoms with Crippen LogP contribution in [0.5, 0.6) is 0 Å². The van der Waals surface area contributed by atoms with Gasteiger partial charge >= 0.3 is 0 Å². The number of fused-ring (bicyclic) bond motifs is 1. The van der Waals surface area contributed by atoms with Crippen molar-refractivity contribution in [2.24, 2.45) is 0 Å². The Balaban J connectivity index is 1.84. The van der Waals surface area contributed by atoms with E-state index in [0.29, 0.717) is 0 Å². The van der Waals surface area contributed by atoms with Crippen molar-refractivity contribution in [2.45, 2.75) is 6.04 Å². The molecule has 0 fully saturated rings. The van der Waals surface area contributed by atoms with Crippen molar-refractivity contribution in [3.05, 3.63) is 90.0 Å². The van der Waals surface area contributed by atoms with Gasteiger partial charge in [0.2, 0.25) is 0 Å². The summed E-state index contributed by atoms with van der Waals surface area (Å²) in [6.07, 6.45) is 0. The predicted octanol–water partition coefficient (Wildman–Crippen LogP) is 4.16. The molecule has 23 heavy (non-hydrogen) atoms. The number of benzene rings is 3. The van der Waals surface area contributed by atoms with Crippen molar-refractivity contribution in [3.63, 3.8) is 0 Å². The minimum atomic E-state index is 0.00685. The maximum absolute atomic E-state index is 4.26. The van der Waals surface area contributed by atoms with E-state index < -0.39 is 0 Å². The summed E-state index contributed by atoms with van der Waals surface area (Å²) in [6.45, 7) is 0. The van der Waals surface area contributed by atoms with E-state index in [4.69, 9.17) is 0 Å². The van der Waals surface area contributed by atoms with Gasteiger partial charge in [-0.25, -0.2) is 0 Å². The lowest BCUT2D eigenvalue weighted by Crippen LogP contribution is -2.12. The Morgan fingerprint density at radius 3 is 2.30 bits per heavy atom. The van der Waals surface area contributed by atoms with E-state index in [1.807, 2.05) is 36.4 Å². The van der Waals surface area contributed by atoms with Gasteiger partial charge in [-0.15, -0.1) is 5.10 Å². The Morgan fingerprint density at radius 2 is 1.52 bits per heavy atom. The van der Waals surface area contributed by atoms with E-state index in [9.17, 15) is 0 Å². The van der Waals surface area contributed by atoms with E-state index in [1.54, 1.807) is 0 Å². The number of nitrogens with one attached hydrogen (secondary N) is 2. The molecule has 0 amide bonds. The molecule has 3 aromatic carbocycles. The summed E-state index contributed by atoms with van der Waals surface area (Å²) in [5.41, 5.74) is 5.20. The van der Waals surface area contributed by atoms with E-state index in [0.717, 1.165) is 22.3 Å². The number of rotatable bonds is 4. The number of hydrogen-bond donors (Lipinski definition) is 2. The van der Waals surface area contributed by atoms with Gasteiger partial charge in [-0.3, -0.25) is 5.10 Å². The van der Waals surface area contributed by atoms with Crippen molar-refractivity contribution >= 4 is 16.7 Å². The summed E-state index contributed by atoms with van der Waals surface area (Å²) in [5, 5.41) is 14.8. The SMILES string of the molecule is c1ccc(NC(c2ccccc2)c2cccc3[nH]nnc23)cc1. The molecular weight excluding hydrogens is 284 g/mol. The molecule has 1 aromatic heterocycles. The molecule has 1 unspecified atom stereocenters. The summed E-state index contributed by atoms with van der Waals surface area (Å²) >= 11 is 0. The fourth-order valence-corrected chi connectivity index (χ4v) is 2.81. The number of anilines is 1. The molecule has 4 aromatic rings. The van der Waals surface area contributed by atoms with Crippen molar-refractivity contribution in [3.8, 4) is 0 Å². The van der Waals surface area contributed by atoms with Crippen LogP contribution in [0.2, 0.25) is 0 Å². The molecule has 0 spiro atoms. The lowest BCUT2D eigenvalue weighted by molar-refractivity contribution is 0.929. The van der Waals surface area contributed by atoms with Gasteiger partial charge in [-0.05, 0) is 23.8 Å². The summed E-state index contributed by atoms with van der Waals surface area (Å²) in [6, 6.07) is 26.7. The van der Waals surface area contributed by atoms with E-state index >= 15 is 0 Å². The molecule has 0 saturated heterocycles. The Labute approximate surface area is 134 Å². The van der Waals surface area contributed by atoms with Crippen LogP contribution in [0.1, 0.15) is 17.2 Å². The number of hydrogen-bond acceptors (Lipinski definition) is 3. The first kappa shape index (κ1) is 13.5. The molecule has 4 nitrogen and oxygen atoms in total. The highest BCUT2D eigenvalue weighted by molar-refractivity contribution is 5.79. The molecule has 1 heterocycles. The second kappa shape index (κ2) is 5.93. The molecule has 0 bridgehead atoms. The van der Waals surface area contributed by atoms with Crippen molar-refractivity contribution in [2.75, 3.05) is 5.32 Å². The quantitative estimate of drug-likeness (QED) is 0.595. The highest BCUT2D eigenvalue weighted by Crippen LogP contribution is 2.30. The monoisotopic (exact) mass is 300 g/mol. The molecule has 112 valence electrons. The van der Waals surface area contributed by atoms with E-state index in [1.165, 1.54) is 5.56 Å². The van der Waals surface area contributed by atoms with Crippen LogP contribution in [0.4, 0.5) is 5.69 Å². The van der Waals surface area contributed by atoms with Crippen LogP contribution < -0.4 is 5.32 Å². The zero-order chi connectivity index (χ0) is 15.5. The van der Waals surface area contributed by atoms with Crippen LogP contribution in [-0.4, -0.2) is 15.4 Å². The lowest BCUT2D eigenvalue weighted by Gasteiger charge is -2.21. The average molecular weight is 300 g/mol. The topological polar surface area (TPSA) is 53.6 Å². The van der Waals surface area contributed by atoms with E-state index in [-0.39, 0.29) is 6.04 Å². The maximum atomic E-state index is 4.26. The molecule has 2 N–H and O–H groups in total. The molecule has 0 radical (unpaired) electrons. The Bertz CT molecular complexity index is 900. The van der Waals surface area contributed by atoms with Crippen molar-refractivity contribution in [1.82, 2.24) is 15.4 Å². The molecule has 0 aliphatic rings. The number of aromatic nitrogens is 3. The molecule has 4 heteroatoms. The average Bonchev–Trinajstić information content (AvgIpc) is 3.10. The van der Waals surface area contributed by atoms with Crippen LogP contribution in [-0.2, 0) is 0 Å². The van der Waals surface area contributed by atoms with Gasteiger partial charge in [-0.1, -0.05) is 65.9 Å². The molecule has 4 rings (SSSR count). The van der Waals surface area contributed by atoms with Gasteiger partial charge in [0.05, 0.1) is 11.6 Å². The molecule has 1 atom stereocenters. The van der Waals surface area contributed by atoms with Gasteiger partial charge in [0.15, 0.2) is 0 Å². The van der Waals surface area contributed by atoms with Gasteiger partial charge in [0, 0.05) is 11.3 Å². The van der Waals surface area contributed by atoms with Crippen LogP contribution in [0.3, 0.4) is 0 Å². The minimum Gasteiger partial charge on any atom is -0.374 e. The summed E-state index contributed by atoms with van der Waals surface area (Å²) < 4.78 is 0. The molecular formula is C19H16N4. The van der Waals surface area contributed by atoms with Gasteiger partial charge < -0.3 is 5.32 Å². The van der Waals surface area contributed by atoms with Crippen LogP contribution in [0.15, 0.2) is 78.9 Å². The lowest BCUT2D eigenvalue weighted by atomic mass is 9.97. The molecule has 0 aliphatic carbocycles. The largest absolute Gasteiger partial charge is 0.374 e. The Morgan fingerprint density at radius 1 is 0.783 bits per heavy atom. The van der Waals surface area contributed by atoms with E-state index in [2.05, 4.69) is 63.2 Å². The second-order valence-electron chi connectivity index (χ2n) is 5.41. The third-order valence-corrected chi connectivity index (χ3v) is 3.92. The summed E-state index contributed by atoms with van der Waals surface area (Å²) in [5.74, 6) is 0. The van der Waals surface area contributed by atoms with Gasteiger partial charge in [-0.2, -0.15) is 0 Å². The zero-order valence-electron chi connectivity index (χ0n) is 12.5. The Hall–Kier alpha value is -3.14. The number of H-pyrrole nitrogens is 1. The van der Waals surface area contributed by atoms with Crippen LogP contribution in [0.25, 0.3) is 11.0 Å². The predicted molar refractivity (Wildman–Crippen MR) is 92.2 cm³/mol. The zero-order valence-corrected chi connectivity index (χ0v) is 12.5. The number of para-hydroxylation sites is 1. The van der Waals surface area contributed by atoms with Crippen LogP contribution >= 0.6 is 0 Å². The first-order valence-corrected chi connectivity index (χ1v) is 7.58.